The highest BCUT2D eigenvalue weighted by atomic mass is 79.9. The van der Waals surface area contributed by atoms with E-state index in [-0.39, 0.29) is 5.91 Å². The highest BCUT2D eigenvalue weighted by Gasteiger charge is 2.40. The molecule has 0 aliphatic heterocycles. The smallest absolute Gasteiger partial charge is 0.231 e. The summed E-state index contributed by atoms with van der Waals surface area (Å²) in [6.45, 7) is 9.42. The van der Waals surface area contributed by atoms with Gasteiger partial charge in [-0.3, -0.25) is 4.79 Å². The molecule has 4 heteroatoms. The zero-order chi connectivity index (χ0) is 14.1. The van der Waals surface area contributed by atoms with Gasteiger partial charge in [-0.25, -0.2) is 0 Å². The van der Waals surface area contributed by atoms with Crippen LogP contribution in [0.3, 0.4) is 0 Å². The van der Waals surface area contributed by atoms with Crippen LogP contribution in [0, 0.1) is 12.3 Å². The Balaban J connectivity index is 2.95. The molecule has 100 valence electrons. The molecule has 0 spiro atoms. The van der Waals surface area contributed by atoms with E-state index in [2.05, 4.69) is 21.2 Å². The van der Waals surface area contributed by atoms with Crippen LogP contribution in [-0.4, -0.2) is 11.4 Å². The first-order valence-corrected chi connectivity index (χ1v) is 6.71. The number of carbonyl (C=O) groups is 1. The third-order valence-electron chi connectivity index (χ3n) is 3.55. The van der Waals surface area contributed by atoms with Crippen LogP contribution in [0.1, 0.15) is 33.3 Å². The van der Waals surface area contributed by atoms with Gasteiger partial charge in [0.1, 0.15) is 0 Å². The van der Waals surface area contributed by atoms with Crippen LogP contribution in [0.2, 0.25) is 0 Å². The lowest BCUT2D eigenvalue weighted by atomic mass is 9.74. The van der Waals surface area contributed by atoms with Gasteiger partial charge in [-0.05, 0) is 68.2 Å². The quantitative estimate of drug-likeness (QED) is 0.898. The fraction of sp³-hybridized carbons (Fsp3) is 0.500. The molecular formula is C14H21BrN2O. The summed E-state index contributed by atoms with van der Waals surface area (Å²) in [4.78, 5) is 12.3. The SMILES string of the molecule is Cc1ccc(NC(=O)C(C)(C)C(C)(C)N)c(Br)c1. The first-order valence-electron chi connectivity index (χ1n) is 5.92. The second kappa shape index (κ2) is 5.02. The third-order valence-corrected chi connectivity index (χ3v) is 4.21. The molecule has 0 aliphatic rings. The fourth-order valence-electron chi connectivity index (χ4n) is 1.29. The zero-order valence-electron chi connectivity index (χ0n) is 11.6. The Bertz CT molecular complexity index is 461. The maximum absolute atomic E-state index is 12.3. The summed E-state index contributed by atoms with van der Waals surface area (Å²) < 4.78 is 0.876. The van der Waals surface area contributed by atoms with Crippen LogP contribution in [0.4, 0.5) is 5.69 Å². The van der Waals surface area contributed by atoms with Gasteiger partial charge < -0.3 is 11.1 Å². The van der Waals surface area contributed by atoms with Crippen molar-refractivity contribution in [2.75, 3.05) is 5.32 Å². The standard InChI is InChI=1S/C14H21BrN2O/c1-9-6-7-11(10(15)8-9)17-12(18)13(2,3)14(4,5)16/h6-8H,16H2,1-5H3,(H,17,18). The van der Waals surface area contributed by atoms with E-state index in [4.69, 9.17) is 5.73 Å². The third kappa shape index (κ3) is 3.12. The predicted octanol–water partition coefficient (Wildman–Crippen LogP) is 3.46. The molecule has 0 saturated heterocycles. The van der Waals surface area contributed by atoms with E-state index >= 15 is 0 Å². The second-order valence-electron chi connectivity index (χ2n) is 5.78. The molecule has 0 heterocycles. The van der Waals surface area contributed by atoms with Crippen LogP contribution >= 0.6 is 15.9 Å². The van der Waals surface area contributed by atoms with Crippen LogP contribution < -0.4 is 11.1 Å². The van der Waals surface area contributed by atoms with E-state index in [1.807, 2.05) is 52.8 Å². The molecule has 3 N–H and O–H groups in total. The number of nitrogens with one attached hydrogen (secondary N) is 1. The average Bonchev–Trinajstić information content (AvgIpc) is 2.20. The van der Waals surface area contributed by atoms with E-state index < -0.39 is 11.0 Å². The minimum atomic E-state index is -0.655. The van der Waals surface area contributed by atoms with E-state index in [0.717, 1.165) is 15.7 Å². The van der Waals surface area contributed by atoms with Gasteiger partial charge in [0, 0.05) is 10.0 Å². The number of aryl methyl sites for hydroxylation is 1. The molecule has 1 aromatic rings. The van der Waals surface area contributed by atoms with Crippen LogP contribution in [0.5, 0.6) is 0 Å². The molecule has 0 unspecified atom stereocenters. The number of nitrogens with two attached hydrogens (primary N) is 1. The Labute approximate surface area is 117 Å². The number of halogens is 1. The minimum Gasteiger partial charge on any atom is -0.325 e. The van der Waals surface area contributed by atoms with Gasteiger partial charge in [0.05, 0.1) is 11.1 Å². The maximum Gasteiger partial charge on any atom is 0.231 e. The number of benzene rings is 1. The van der Waals surface area contributed by atoms with Gasteiger partial charge in [0.25, 0.3) is 0 Å². The van der Waals surface area contributed by atoms with Crippen molar-refractivity contribution in [1.82, 2.24) is 0 Å². The number of hydrogen-bond donors (Lipinski definition) is 2. The molecule has 0 atom stereocenters. The summed E-state index contributed by atoms with van der Waals surface area (Å²) in [5.41, 5.74) is 6.72. The maximum atomic E-state index is 12.3. The monoisotopic (exact) mass is 312 g/mol. The van der Waals surface area contributed by atoms with E-state index in [1.165, 1.54) is 0 Å². The lowest BCUT2D eigenvalue weighted by molar-refractivity contribution is -0.126. The lowest BCUT2D eigenvalue weighted by Gasteiger charge is -2.37. The molecule has 1 amide bonds. The molecule has 1 aromatic carbocycles. The Morgan fingerprint density at radius 1 is 1.28 bits per heavy atom. The van der Waals surface area contributed by atoms with Crippen molar-refractivity contribution in [2.24, 2.45) is 11.1 Å². The number of carbonyl (C=O) groups excluding carboxylic acids is 1. The van der Waals surface area contributed by atoms with Gasteiger partial charge in [0.15, 0.2) is 0 Å². The zero-order valence-corrected chi connectivity index (χ0v) is 13.2. The van der Waals surface area contributed by atoms with E-state index in [1.54, 1.807) is 0 Å². The summed E-state index contributed by atoms with van der Waals surface area (Å²) in [6, 6.07) is 5.81. The van der Waals surface area contributed by atoms with Gasteiger partial charge in [-0.1, -0.05) is 6.07 Å². The molecule has 3 nitrogen and oxygen atoms in total. The summed E-state index contributed by atoms with van der Waals surface area (Å²) in [5.74, 6) is -0.0837. The minimum absolute atomic E-state index is 0.0837. The van der Waals surface area contributed by atoms with Crippen molar-refractivity contribution >= 4 is 27.5 Å². The van der Waals surface area contributed by atoms with Gasteiger partial charge in [0.2, 0.25) is 5.91 Å². The summed E-state index contributed by atoms with van der Waals surface area (Å²) in [5, 5.41) is 2.92. The number of rotatable bonds is 3. The van der Waals surface area contributed by atoms with Crippen molar-refractivity contribution in [1.29, 1.82) is 0 Å². The van der Waals surface area contributed by atoms with Crippen molar-refractivity contribution in [3.63, 3.8) is 0 Å². The van der Waals surface area contributed by atoms with Crippen LogP contribution in [-0.2, 0) is 4.79 Å². The first kappa shape index (κ1) is 15.2. The average molecular weight is 313 g/mol. The van der Waals surface area contributed by atoms with E-state index in [9.17, 15) is 4.79 Å². The Kier molecular flexibility index (Phi) is 4.23. The fourth-order valence-corrected chi connectivity index (χ4v) is 1.89. The largest absolute Gasteiger partial charge is 0.325 e. The summed E-state index contributed by atoms with van der Waals surface area (Å²) in [6.07, 6.45) is 0. The molecule has 18 heavy (non-hydrogen) atoms. The molecule has 0 fully saturated rings. The normalized spacial score (nSPS) is 12.4. The number of anilines is 1. The molecule has 0 aromatic heterocycles. The van der Waals surface area contributed by atoms with Gasteiger partial charge in [-0.15, -0.1) is 0 Å². The van der Waals surface area contributed by atoms with Crippen molar-refractivity contribution < 1.29 is 4.79 Å². The van der Waals surface area contributed by atoms with Crippen molar-refractivity contribution in [3.05, 3.63) is 28.2 Å². The molecule has 0 saturated carbocycles. The Morgan fingerprint density at radius 3 is 2.28 bits per heavy atom. The van der Waals surface area contributed by atoms with Crippen molar-refractivity contribution in [2.45, 2.75) is 40.2 Å². The highest BCUT2D eigenvalue weighted by molar-refractivity contribution is 9.10. The summed E-state index contributed by atoms with van der Waals surface area (Å²) >= 11 is 3.45. The Morgan fingerprint density at radius 2 is 1.83 bits per heavy atom. The summed E-state index contributed by atoms with van der Waals surface area (Å²) in [7, 11) is 0. The van der Waals surface area contributed by atoms with Gasteiger partial charge >= 0.3 is 0 Å². The molecule has 0 bridgehead atoms. The van der Waals surface area contributed by atoms with Crippen LogP contribution in [0.25, 0.3) is 0 Å². The van der Waals surface area contributed by atoms with Crippen LogP contribution in [0.15, 0.2) is 22.7 Å². The first-order chi connectivity index (χ1) is 8.05. The second-order valence-corrected chi connectivity index (χ2v) is 6.64. The molecule has 0 aliphatic carbocycles. The highest BCUT2D eigenvalue weighted by Crippen LogP contribution is 2.31. The Hall–Kier alpha value is -0.870. The predicted molar refractivity (Wildman–Crippen MR) is 79.6 cm³/mol. The van der Waals surface area contributed by atoms with Gasteiger partial charge in [-0.2, -0.15) is 0 Å². The van der Waals surface area contributed by atoms with E-state index in [0.29, 0.717) is 0 Å². The number of amides is 1. The number of hydrogen-bond acceptors (Lipinski definition) is 2. The molecule has 0 radical (unpaired) electrons. The van der Waals surface area contributed by atoms with Crippen molar-refractivity contribution in [3.8, 4) is 0 Å². The lowest BCUT2D eigenvalue weighted by Crippen LogP contribution is -2.53. The molecule has 1 rings (SSSR count). The molecular weight excluding hydrogens is 292 g/mol. The topological polar surface area (TPSA) is 55.1 Å².